The summed E-state index contributed by atoms with van der Waals surface area (Å²) in [4.78, 5) is 11.8. The number of thioether (sulfide) groups is 1. The van der Waals surface area contributed by atoms with Crippen LogP contribution in [0.2, 0.25) is 0 Å². The first-order valence-electron chi connectivity index (χ1n) is 7.23. The standard InChI is InChI=1S/C15H18N4O3S3/c1-19(25(2,21)22)11-13(20)16-14-17-18-15(24-14)23-10-6-9-12-7-4-3-5-8-12/h3-9H,10-11H2,1-2H3,(H,16,17,20)/b9-6+. The first-order valence-corrected chi connectivity index (χ1v) is 10.9. The van der Waals surface area contributed by atoms with Crippen molar-refractivity contribution in [1.29, 1.82) is 0 Å². The van der Waals surface area contributed by atoms with Crippen molar-refractivity contribution in [3.05, 3.63) is 42.0 Å². The van der Waals surface area contributed by atoms with Gasteiger partial charge in [-0.05, 0) is 5.56 Å². The molecule has 7 nitrogen and oxygen atoms in total. The molecule has 1 aromatic carbocycles. The van der Waals surface area contributed by atoms with Gasteiger partial charge in [0, 0.05) is 12.8 Å². The Kier molecular flexibility index (Phi) is 7.12. The Hall–Kier alpha value is -1.75. The zero-order valence-electron chi connectivity index (χ0n) is 13.7. The van der Waals surface area contributed by atoms with Crippen LogP contribution in [0, 0.1) is 0 Å². The van der Waals surface area contributed by atoms with Crippen molar-refractivity contribution in [2.45, 2.75) is 4.34 Å². The Morgan fingerprint density at radius 3 is 2.72 bits per heavy atom. The summed E-state index contributed by atoms with van der Waals surface area (Å²) in [5, 5.41) is 10.8. The predicted molar refractivity (Wildman–Crippen MR) is 102 cm³/mol. The first-order chi connectivity index (χ1) is 11.8. The molecule has 134 valence electrons. The smallest absolute Gasteiger partial charge is 0.241 e. The fourth-order valence-electron chi connectivity index (χ4n) is 1.66. The van der Waals surface area contributed by atoms with Crippen LogP contribution in [0.4, 0.5) is 5.13 Å². The summed E-state index contributed by atoms with van der Waals surface area (Å²) in [6, 6.07) is 9.97. The quantitative estimate of drug-likeness (QED) is 0.541. The lowest BCUT2D eigenvalue weighted by atomic mass is 10.2. The third-order valence-electron chi connectivity index (χ3n) is 3.00. The Balaban J connectivity index is 1.80. The molecule has 0 saturated heterocycles. The van der Waals surface area contributed by atoms with E-state index in [4.69, 9.17) is 0 Å². The summed E-state index contributed by atoms with van der Waals surface area (Å²) in [6.45, 7) is -0.263. The molecule has 0 saturated carbocycles. The highest BCUT2D eigenvalue weighted by atomic mass is 32.2. The molecule has 1 aromatic heterocycles. The van der Waals surface area contributed by atoms with Crippen LogP contribution < -0.4 is 5.32 Å². The number of carbonyl (C=O) groups excluding carboxylic acids is 1. The van der Waals surface area contributed by atoms with Crippen molar-refractivity contribution in [3.63, 3.8) is 0 Å². The molecule has 0 aliphatic carbocycles. The lowest BCUT2D eigenvalue weighted by Gasteiger charge is -2.12. The second kappa shape index (κ2) is 9.09. The van der Waals surface area contributed by atoms with Gasteiger partial charge in [0.1, 0.15) is 0 Å². The minimum Gasteiger partial charge on any atom is -0.299 e. The molecule has 0 fully saturated rings. The zero-order chi connectivity index (χ0) is 18.3. The molecule has 0 atom stereocenters. The van der Waals surface area contributed by atoms with E-state index >= 15 is 0 Å². The highest BCUT2D eigenvalue weighted by Crippen LogP contribution is 2.25. The van der Waals surface area contributed by atoms with E-state index in [-0.39, 0.29) is 6.54 Å². The third kappa shape index (κ3) is 6.94. The molecule has 0 radical (unpaired) electrons. The lowest BCUT2D eigenvalue weighted by molar-refractivity contribution is -0.116. The van der Waals surface area contributed by atoms with E-state index in [1.54, 1.807) is 0 Å². The summed E-state index contributed by atoms with van der Waals surface area (Å²) in [5.41, 5.74) is 1.13. The van der Waals surface area contributed by atoms with Gasteiger partial charge in [-0.1, -0.05) is 65.6 Å². The minimum atomic E-state index is -3.39. The maximum Gasteiger partial charge on any atom is 0.241 e. The van der Waals surface area contributed by atoms with Crippen LogP contribution in [0.3, 0.4) is 0 Å². The average Bonchev–Trinajstić information content (AvgIpc) is 2.99. The lowest BCUT2D eigenvalue weighted by Crippen LogP contribution is -2.34. The fraction of sp³-hybridized carbons (Fsp3) is 0.267. The third-order valence-corrected chi connectivity index (χ3v) is 6.18. The highest BCUT2D eigenvalue weighted by molar-refractivity contribution is 8.01. The number of hydrogen-bond acceptors (Lipinski definition) is 7. The van der Waals surface area contributed by atoms with Crippen molar-refractivity contribution in [2.24, 2.45) is 0 Å². The zero-order valence-corrected chi connectivity index (χ0v) is 16.2. The summed E-state index contributed by atoms with van der Waals surface area (Å²) >= 11 is 2.76. The second-order valence-corrected chi connectivity index (χ2v) is 9.40. The first kappa shape index (κ1) is 19.6. The molecule has 0 unspecified atom stereocenters. The largest absolute Gasteiger partial charge is 0.299 e. The number of rotatable bonds is 8. The van der Waals surface area contributed by atoms with Gasteiger partial charge in [0.2, 0.25) is 21.1 Å². The van der Waals surface area contributed by atoms with Crippen LogP contribution >= 0.6 is 23.1 Å². The van der Waals surface area contributed by atoms with E-state index < -0.39 is 15.9 Å². The molecule has 25 heavy (non-hydrogen) atoms. The molecule has 1 heterocycles. The maximum atomic E-state index is 11.8. The van der Waals surface area contributed by atoms with E-state index in [0.717, 1.165) is 26.2 Å². The van der Waals surface area contributed by atoms with Crippen LogP contribution in [-0.2, 0) is 14.8 Å². The number of carbonyl (C=O) groups is 1. The van der Waals surface area contributed by atoms with Gasteiger partial charge in [-0.15, -0.1) is 10.2 Å². The monoisotopic (exact) mass is 398 g/mol. The number of likely N-dealkylation sites (N-methyl/N-ethyl adjacent to an activating group) is 1. The Morgan fingerprint density at radius 1 is 1.32 bits per heavy atom. The summed E-state index contributed by atoms with van der Waals surface area (Å²) < 4.78 is 24.3. The summed E-state index contributed by atoms with van der Waals surface area (Å²) in [7, 11) is -2.05. The van der Waals surface area contributed by atoms with Gasteiger partial charge in [0.05, 0.1) is 12.8 Å². The molecule has 0 aliphatic heterocycles. The van der Waals surface area contributed by atoms with Crippen LogP contribution in [0.15, 0.2) is 40.7 Å². The molecule has 0 bridgehead atoms. The van der Waals surface area contributed by atoms with Crippen molar-refractivity contribution in [2.75, 3.05) is 30.9 Å². The molecule has 2 rings (SSSR count). The number of sulfonamides is 1. The van der Waals surface area contributed by atoms with Crippen molar-refractivity contribution >= 4 is 50.2 Å². The van der Waals surface area contributed by atoms with Crippen molar-refractivity contribution in [3.8, 4) is 0 Å². The maximum absolute atomic E-state index is 11.8. The van der Waals surface area contributed by atoms with Crippen LogP contribution in [0.5, 0.6) is 0 Å². The number of amides is 1. The van der Waals surface area contributed by atoms with E-state index in [1.807, 2.05) is 42.5 Å². The number of benzene rings is 1. The van der Waals surface area contributed by atoms with Crippen molar-refractivity contribution in [1.82, 2.24) is 14.5 Å². The van der Waals surface area contributed by atoms with E-state index in [1.165, 1.54) is 30.1 Å². The predicted octanol–water partition coefficient (Wildman–Crippen LogP) is 2.17. The van der Waals surface area contributed by atoms with Gasteiger partial charge in [-0.3, -0.25) is 10.1 Å². The molecule has 0 aliphatic rings. The van der Waals surface area contributed by atoms with E-state index in [2.05, 4.69) is 15.5 Å². The van der Waals surface area contributed by atoms with Crippen molar-refractivity contribution < 1.29 is 13.2 Å². The Morgan fingerprint density at radius 2 is 2.04 bits per heavy atom. The van der Waals surface area contributed by atoms with Crippen LogP contribution in [0.25, 0.3) is 6.08 Å². The molecule has 2 aromatic rings. The summed E-state index contributed by atoms with van der Waals surface area (Å²) in [5.74, 6) is 0.276. The number of anilines is 1. The SMILES string of the molecule is CN(CC(=O)Nc1nnc(SC/C=C/c2ccccc2)s1)S(C)(=O)=O. The molecule has 0 spiro atoms. The van der Waals surface area contributed by atoms with E-state index in [9.17, 15) is 13.2 Å². The molecule has 10 heteroatoms. The normalized spacial score (nSPS) is 12.0. The van der Waals surface area contributed by atoms with E-state index in [0.29, 0.717) is 5.13 Å². The van der Waals surface area contributed by atoms with Gasteiger partial charge in [-0.25, -0.2) is 8.42 Å². The Labute approximate surface area is 155 Å². The van der Waals surface area contributed by atoms with Crippen LogP contribution in [-0.4, -0.2) is 54.4 Å². The summed E-state index contributed by atoms with van der Waals surface area (Å²) in [6.07, 6.45) is 5.10. The second-order valence-electron chi connectivity index (χ2n) is 5.06. The minimum absolute atomic E-state index is 0.263. The number of nitrogens with zero attached hydrogens (tertiary/aromatic N) is 3. The van der Waals surface area contributed by atoms with Gasteiger partial charge >= 0.3 is 0 Å². The number of hydrogen-bond donors (Lipinski definition) is 1. The number of nitrogens with one attached hydrogen (secondary N) is 1. The van der Waals surface area contributed by atoms with Gasteiger partial charge in [0.25, 0.3) is 0 Å². The van der Waals surface area contributed by atoms with Gasteiger partial charge in [-0.2, -0.15) is 4.31 Å². The number of aromatic nitrogens is 2. The fourth-order valence-corrected chi connectivity index (χ4v) is 3.62. The highest BCUT2D eigenvalue weighted by Gasteiger charge is 2.16. The van der Waals surface area contributed by atoms with Crippen LogP contribution in [0.1, 0.15) is 5.56 Å². The topological polar surface area (TPSA) is 92.3 Å². The molecule has 1 amide bonds. The molecule has 1 N–H and O–H groups in total. The Bertz CT molecular complexity index is 835. The van der Waals surface area contributed by atoms with Gasteiger partial charge in [0.15, 0.2) is 4.34 Å². The average molecular weight is 399 g/mol. The molecular formula is C15H18N4O3S3. The van der Waals surface area contributed by atoms with Gasteiger partial charge < -0.3 is 0 Å². The molecular weight excluding hydrogens is 380 g/mol.